The average molecular weight is 312 g/mol. The highest BCUT2D eigenvalue weighted by atomic mass is 35.5. The average Bonchev–Trinajstić information content (AvgIpc) is 2.86. The van der Waals surface area contributed by atoms with Crippen LogP contribution in [0.1, 0.15) is 11.1 Å². The lowest BCUT2D eigenvalue weighted by Crippen LogP contribution is -2.32. The molecule has 5 heteroatoms. The first-order chi connectivity index (χ1) is 10.6. The second-order valence-corrected chi connectivity index (χ2v) is 5.96. The number of nitrogens with zero attached hydrogens (tertiary/aromatic N) is 2. The Morgan fingerprint density at radius 3 is 2.77 bits per heavy atom. The number of nitrogens with one attached hydrogen (secondary N) is 1. The SMILES string of the molecule is Cc1ccccc1-c1ccc2c(c1Cl)CN1CC(=O)NC1=N2. The summed E-state index contributed by atoms with van der Waals surface area (Å²) in [4.78, 5) is 17.9. The highest BCUT2D eigenvalue weighted by Crippen LogP contribution is 2.39. The van der Waals surface area contributed by atoms with Gasteiger partial charge in [0.25, 0.3) is 0 Å². The zero-order valence-electron chi connectivity index (χ0n) is 12.1. The van der Waals surface area contributed by atoms with Crippen LogP contribution in [0.4, 0.5) is 5.69 Å². The number of benzene rings is 2. The topological polar surface area (TPSA) is 44.7 Å². The number of carbonyl (C=O) groups excluding carboxylic acids is 1. The van der Waals surface area contributed by atoms with E-state index in [4.69, 9.17) is 11.6 Å². The Labute approximate surface area is 133 Å². The molecule has 2 heterocycles. The zero-order valence-corrected chi connectivity index (χ0v) is 12.8. The van der Waals surface area contributed by atoms with E-state index < -0.39 is 0 Å². The minimum atomic E-state index is -0.0261. The second-order valence-electron chi connectivity index (χ2n) is 5.58. The van der Waals surface area contributed by atoms with Crippen molar-refractivity contribution < 1.29 is 4.79 Å². The third-order valence-corrected chi connectivity index (χ3v) is 4.55. The molecule has 4 nitrogen and oxygen atoms in total. The number of hydrogen-bond donors (Lipinski definition) is 1. The molecule has 2 aliphatic rings. The fourth-order valence-electron chi connectivity index (χ4n) is 2.98. The molecule has 110 valence electrons. The van der Waals surface area contributed by atoms with E-state index in [1.165, 1.54) is 5.56 Å². The van der Waals surface area contributed by atoms with Crippen molar-refractivity contribution in [3.05, 3.63) is 52.5 Å². The Morgan fingerprint density at radius 2 is 1.95 bits per heavy atom. The van der Waals surface area contributed by atoms with E-state index in [0.717, 1.165) is 22.4 Å². The Kier molecular flexibility index (Phi) is 2.94. The van der Waals surface area contributed by atoms with Crippen LogP contribution in [0, 0.1) is 6.92 Å². The summed E-state index contributed by atoms with van der Waals surface area (Å²) in [7, 11) is 0. The first-order valence-corrected chi connectivity index (χ1v) is 7.52. The van der Waals surface area contributed by atoms with E-state index in [0.29, 0.717) is 24.1 Å². The summed E-state index contributed by atoms with van der Waals surface area (Å²) in [5.41, 5.74) is 5.12. The van der Waals surface area contributed by atoms with Crippen LogP contribution in [0.3, 0.4) is 0 Å². The van der Waals surface area contributed by atoms with Crippen LogP contribution in [-0.4, -0.2) is 23.3 Å². The first kappa shape index (κ1) is 13.3. The van der Waals surface area contributed by atoms with Crippen LogP contribution in [0.15, 0.2) is 41.4 Å². The van der Waals surface area contributed by atoms with E-state index in [9.17, 15) is 4.79 Å². The van der Waals surface area contributed by atoms with Crippen molar-refractivity contribution in [2.75, 3.05) is 6.54 Å². The van der Waals surface area contributed by atoms with Gasteiger partial charge in [-0.05, 0) is 24.1 Å². The molecule has 0 unspecified atom stereocenters. The maximum atomic E-state index is 11.5. The van der Waals surface area contributed by atoms with E-state index >= 15 is 0 Å². The molecule has 22 heavy (non-hydrogen) atoms. The van der Waals surface area contributed by atoms with Crippen molar-refractivity contribution in [1.82, 2.24) is 10.2 Å². The summed E-state index contributed by atoms with van der Waals surface area (Å²) in [6, 6.07) is 12.1. The van der Waals surface area contributed by atoms with Gasteiger partial charge in [-0.2, -0.15) is 0 Å². The van der Waals surface area contributed by atoms with E-state index in [1.54, 1.807) is 0 Å². The molecule has 0 bridgehead atoms. The predicted molar refractivity (Wildman–Crippen MR) is 87.3 cm³/mol. The number of amides is 1. The fraction of sp³-hybridized carbons (Fsp3) is 0.176. The largest absolute Gasteiger partial charge is 0.329 e. The summed E-state index contributed by atoms with van der Waals surface area (Å²) < 4.78 is 0. The third kappa shape index (κ3) is 1.99. The molecule has 4 rings (SSSR count). The van der Waals surface area contributed by atoms with Gasteiger partial charge in [0.2, 0.25) is 11.9 Å². The van der Waals surface area contributed by atoms with Gasteiger partial charge in [0.05, 0.1) is 10.7 Å². The molecule has 0 atom stereocenters. The highest BCUT2D eigenvalue weighted by molar-refractivity contribution is 6.34. The lowest BCUT2D eigenvalue weighted by molar-refractivity contribution is -0.118. The van der Waals surface area contributed by atoms with Crippen LogP contribution in [0.2, 0.25) is 5.02 Å². The van der Waals surface area contributed by atoms with Gasteiger partial charge in [-0.1, -0.05) is 41.9 Å². The number of fused-ring (bicyclic) bond motifs is 2. The van der Waals surface area contributed by atoms with Crippen molar-refractivity contribution in [2.45, 2.75) is 13.5 Å². The maximum Gasteiger partial charge on any atom is 0.246 e. The molecular formula is C17H14ClN3O. The molecule has 0 radical (unpaired) electrons. The number of halogens is 1. The Bertz CT molecular complexity index is 829. The monoisotopic (exact) mass is 311 g/mol. The van der Waals surface area contributed by atoms with Crippen LogP contribution in [0.25, 0.3) is 11.1 Å². The summed E-state index contributed by atoms with van der Waals surface area (Å²) >= 11 is 6.66. The summed E-state index contributed by atoms with van der Waals surface area (Å²) in [6.45, 7) is 3.01. The molecule has 1 N–H and O–H groups in total. The molecule has 2 aromatic carbocycles. The smallest absolute Gasteiger partial charge is 0.246 e. The molecule has 1 fully saturated rings. The minimum Gasteiger partial charge on any atom is -0.329 e. The summed E-state index contributed by atoms with van der Waals surface area (Å²) in [6.07, 6.45) is 0. The van der Waals surface area contributed by atoms with E-state index in [-0.39, 0.29) is 5.91 Å². The summed E-state index contributed by atoms with van der Waals surface area (Å²) in [5, 5.41) is 3.48. The minimum absolute atomic E-state index is 0.0261. The Hall–Kier alpha value is -2.33. The molecular weight excluding hydrogens is 298 g/mol. The standard InChI is InChI=1S/C17H14ClN3O/c1-10-4-2-3-5-11(10)12-6-7-14-13(16(12)18)8-21-9-15(22)20-17(21)19-14/h2-7H,8-9H2,1H3,(H,19,20,22). The van der Waals surface area contributed by atoms with Gasteiger partial charge in [0, 0.05) is 17.7 Å². The normalized spacial score (nSPS) is 16.0. The number of hydrogen-bond acceptors (Lipinski definition) is 3. The van der Waals surface area contributed by atoms with Gasteiger partial charge >= 0.3 is 0 Å². The van der Waals surface area contributed by atoms with Crippen LogP contribution < -0.4 is 5.32 Å². The molecule has 1 amide bonds. The molecule has 1 saturated heterocycles. The van der Waals surface area contributed by atoms with Gasteiger partial charge < -0.3 is 4.90 Å². The van der Waals surface area contributed by atoms with Crippen LogP contribution in [-0.2, 0) is 11.3 Å². The van der Waals surface area contributed by atoms with Crippen molar-refractivity contribution in [1.29, 1.82) is 0 Å². The highest BCUT2D eigenvalue weighted by Gasteiger charge is 2.30. The lowest BCUT2D eigenvalue weighted by Gasteiger charge is -2.24. The van der Waals surface area contributed by atoms with Gasteiger partial charge in [-0.25, -0.2) is 4.99 Å². The molecule has 2 aliphatic heterocycles. The lowest BCUT2D eigenvalue weighted by atomic mass is 9.97. The van der Waals surface area contributed by atoms with Crippen molar-refractivity contribution in [3.63, 3.8) is 0 Å². The quantitative estimate of drug-likeness (QED) is 0.878. The van der Waals surface area contributed by atoms with Gasteiger partial charge in [0.15, 0.2) is 0 Å². The van der Waals surface area contributed by atoms with E-state index in [2.05, 4.69) is 29.4 Å². The molecule has 0 saturated carbocycles. The van der Waals surface area contributed by atoms with E-state index in [1.807, 2.05) is 29.2 Å². The van der Waals surface area contributed by atoms with Gasteiger partial charge in [-0.15, -0.1) is 0 Å². The number of aliphatic imine (C=N–C) groups is 1. The maximum absolute atomic E-state index is 11.5. The molecule has 0 aromatic heterocycles. The molecule has 0 aliphatic carbocycles. The van der Waals surface area contributed by atoms with Crippen molar-refractivity contribution >= 4 is 29.2 Å². The Morgan fingerprint density at radius 1 is 1.14 bits per heavy atom. The second kappa shape index (κ2) is 4.85. The summed E-state index contributed by atoms with van der Waals surface area (Å²) in [5.74, 6) is 0.596. The first-order valence-electron chi connectivity index (χ1n) is 7.14. The number of guanidine groups is 1. The molecule has 2 aromatic rings. The van der Waals surface area contributed by atoms with Crippen molar-refractivity contribution in [3.8, 4) is 11.1 Å². The fourth-order valence-corrected chi connectivity index (χ4v) is 3.30. The van der Waals surface area contributed by atoms with Crippen LogP contribution in [0.5, 0.6) is 0 Å². The molecule has 0 spiro atoms. The van der Waals surface area contributed by atoms with Crippen molar-refractivity contribution in [2.24, 2.45) is 4.99 Å². The van der Waals surface area contributed by atoms with Gasteiger partial charge in [0.1, 0.15) is 6.54 Å². The third-order valence-electron chi connectivity index (χ3n) is 4.11. The van der Waals surface area contributed by atoms with Crippen LogP contribution >= 0.6 is 11.6 Å². The number of carbonyl (C=O) groups is 1. The zero-order chi connectivity index (χ0) is 15.3. The predicted octanol–water partition coefficient (Wildman–Crippen LogP) is 3.25. The number of rotatable bonds is 1. The number of aryl methyl sites for hydroxylation is 1. The Balaban J connectivity index is 1.84. The van der Waals surface area contributed by atoms with Gasteiger partial charge in [-0.3, -0.25) is 10.1 Å².